The SMILES string of the molecule is CSc1cccc(N2C(=O)[C@H](CCCCNC(=O)N(C)C)N(CC3CC3)C2=O)c1. The Morgan fingerprint density at radius 1 is 1.24 bits per heavy atom. The van der Waals surface area contributed by atoms with Crippen molar-refractivity contribution in [3.63, 3.8) is 0 Å². The minimum Gasteiger partial charge on any atom is -0.338 e. The fourth-order valence-electron chi connectivity index (χ4n) is 3.50. The van der Waals surface area contributed by atoms with Crippen molar-refractivity contribution in [1.82, 2.24) is 15.1 Å². The topological polar surface area (TPSA) is 73.0 Å². The zero-order chi connectivity index (χ0) is 21.0. The number of unbranched alkanes of at least 4 members (excludes halogenated alkanes) is 1. The number of nitrogens with zero attached hydrogens (tertiary/aromatic N) is 3. The summed E-state index contributed by atoms with van der Waals surface area (Å²) in [7, 11) is 3.41. The molecule has 1 N–H and O–H groups in total. The molecule has 1 aromatic carbocycles. The summed E-state index contributed by atoms with van der Waals surface area (Å²) in [5.74, 6) is 0.386. The van der Waals surface area contributed by atoms with E-state index in [1.54, 1.807) is 30.8 Å². The van der Waals surface area contributed by atoms with Crippen molar-refractivity contribution in [3.8, 4) is 0 Å². The second-order valence-corrected chi connectivity index (χ2v) is 8.77. The van der Waals surface area contributed by atoms with Gasteiger partial charge in [0.15, 0.2) is 0 Å². The number of hydrogen-bond acceptors (Lipinski definition) is 4. The third-order valence-electron chi connectivity index (χ3n) is 5.37. The van der Waals surface area contributed by atoms with Crippen molar-refractivity contribution < 1.29 is 14.4 Å². The lowest BCUT2D eigenvalue weighted by atomic mass is 10.1. The predicted molar refractivity (Wildman–Crippen MR) is 115 cm³/mol. The molecule has 1 aromatic rings. The van der Waals surface area contributed by atoms with Gasteiger partial charge in [-0.2, -0.15) is 0 Å². The van der Waals surface area contributed by atoms with Crippen molar-refractivity contribution >= 4 is 35.4 Å². The number of anilines is 1. The lowest BCUT2D eigenvalue weighted by Crippen LogP contribution is -2.37. The van der Waals surface area contributed by atoms with Crippen LogP contribution in [0, 0.1) is 5.92 Å². The number of amides is 5. The lowest BCUT2D eigenvalue weighted by molar-refractivity contribution is -0.120. The van der Waals surface area contributed by atoms with E-state index in [1.807, 2.05) is 30.5 Å². The molecule has 1 atom stereocenters. The van der Waals surface area contributed by atoms with Crippen molar-refractivity contribution in [2.45, 2.75) is 43.0 Å². The molecule has 8 heteroatoms. The Hall–Kier alpha value is -2.22. The third-order valence-corrected chi connectivity index (χ3v) is 6.09. The molecule has 0 aromatic heterocycles. The second kappa shape index (κ2) is 9.52. The second-order valence-electron chi connectivity index (χ2n) is 7.89. The maximum atomic E-state index is 13.2. The number of imide groups is 1. The highest BCUT2D eigenvalue weighted by atomic mass is 32.2. The normalized spacial score (nSPS) is 19.1. The van der Waals surface area contributed by atoms with Crippen LogP contribution in [0.3, 0.4) is 0 Å². The first kappa shape index (κ1) is 21.5. The number of carbonyl (C=O) groups excluding carboxylic acids is 3. The first-order chi connectivity index (χ1) is 13.9. The van der Waals surface area contributed by atoms with Crippen LogP contribution in [0.4, 0.5) is 15.3 Å². The van der Waals surface area contributed by atoms with Crippen LogP contribution in [-0.2, 0) is 4.79 Å². The summed E-state index contributed by atoms with van der Waals surface area (Å²) in [4.78, 5) is 43.5. The van der Waals surface area contributed by atoms with E-state index in [0.717, 1.165) is 30.6 Å². The van der Waals surface area contributed by atoms with E-state index in [4.69, 9.17) is 0 Å². The smallest absolute Gasteiger partial charge is 0.332 e. The average molecular weight is 419 g/mol. The summed E-state index contributed by atoms with van der Waals surface area (Å²) in [5.41, 5.74) is 0.647. The van der Waals surface area contributed by atoms with Crippen LogP contribution in [0.5, 0.6) is 0 Å². The van der Waals surface area contributed by atoms with Gasteiger partial charge in [-0.3, -0.25) is 4.79 Å². The van der Waals surface area contributed by atoms with Gasteiger partial charge in [0.25, 0.3) is 5.91 Å². The highest BCUT2D eigenvalue weighted by Gasteiger charge is 2.46. The summed E-state index contributed by atoms with van der Waals surface area (Å²) < 4.78 is 0. The molecule has 0 spiro atoms. The number of nitrogens with one attached hydrogen (secondary N) is 1. The van der Waals surface area contributed by atoms with Crippen LogP contribution in [0.15, 0.2) is 29.2 Å². The zero-order valence-corrected chi connectivity index (χ0v) is 18.2. The van der Waals surface area contributed by atoms with Gasteiger partial charge >= 0.3 is 12.1 Å². The van der Waals surface area contributed by atoms with Gasteiger partial charge in [-0.1, -0.05) is 6.07 Å². The minimum absolute atomic E-state index is 0.118. The van der Waals surface area contributed by atoms with E-state index in [0.29, 0.717) is 31.1 Å². The zero-order valence-electron chi connectivity index (χ0n) is 17.4. The first-order valence-electron chi connectivity index (χ1n) is 10.2. The van der Waals surface area contributed by atoms with Crippen LogP contribution in [0.1, 0.15) is 32.1 Å². The highest BCUT2D eigenvalue weighted by molar-refractivity contribution is 7.98. The molecule has 5 amide bonds. The fraction of sp³-hybridized carbons (Fsp3) is 0.571. The summed E-state index contributed by atoms with van der Waals surface area (Å²) in [6, 6.07) is 6.84. The van der Waals surface area contributed by atoms with E-state index < -0.39 is 6.04 Å². The van der Waals surface area contributed by atoms with Crippen molar-refractivity contribution in [3.05, 3.63) is 24.3 Å². The van der Waals surface area contributed by atoms with Gasteiger partial charge in [-0.15, -0.1) is 11.8 Å². The largest absolute Gasteiger partial charge is 0.338 e. The van der Waals surface area contributed by atoms with Gasteiger partial charge < -0.3 is 15.1 Å². The molecule has 7 nitrogen and oxygen atoms in total. The lowest BCUT2D eigenvalue weighted by Gasteiger charge is -2.21. The van der Waals surface area contributed by atoms with Gasteiger partial charge in [-0.25, -0.2) is 14.5 Å². The average Bonchev–Trinajstić information content (AvgIpc) is 3.49. The van der Waals surface area contributed by atoms with Gasteiger partial charge in [-0.05, 0) is 62.5 Å². The molecule has 2 fully saturated rings. The van der Waals surface area contributed by atoms with Gasteiger partial charge in [0, 0.05) is 32.1 Å². The summed E-state index contributed by atoms with van der Waals surface area (Å²) in [6.45, 7) is 1.22. The number of carbonyl (C=O) groups is 3. The Bertz CT molecular complexity index is 766. The molecule has 0 radical (unpaired) electrons. The Labute approximate surface area is 176 Å². The van der Waals surface area contributed by atoms with E-state index in [9.17, 15) is 14.4 Å². The number of hydrogen-bond donors (Lipinski definition) is 1. The standard InChI is InChI=1S/C21H30N4O3S/c1-23(2)20(27)22-12-5-4-9-18-19(26)25(16-7-6-8-17(13-16)29-3)21(28)24(18)14-15-10-11-15/h6-8,13,15,18H,4-5,9-12,14H2,1-3H3,(H,22,27)/t18-/m0/s1. The van der Waals surface area contributed by atoms with Crippen molar-refractivity contribution in [2.75, 3.05) is 38.3 Å². The van der Waals surface area contributed by atoms with Crippen molar-refractivity contribution in [1.29, 1.82) is 0 Å². The molecule has 0 bridgehead atoms. The van der Waals surface area contributed by atoms with Gasteiger partial charge in [0.1, 0.15) is 6.04 Å². The van der Waals surface area contributed by atoms with Gasteiger partial charge in [0.05, 0.1) is 5.69 Å². The maximum absolute atomic E-state index is 13.2. The molecule has 29 heavy (non-hydrogen) atoms. The summed E-state index contributed by atoms with van der Waals surface area (Å²) in [6.07, 6.45) is 6.40. The predicted octanol–water partition coefficient (Wildman–Crippen LogP) is 3.40. The maximum Gasteiger partial charge on any atom is 0.332 e. The molecule has 3 rings (SSSR count). The first-order valence-corrected chi connectivity index (χ1v) is 11.4. The number of benzene rings is 1. The Balaban J connectivity index is 1.65. The van der Waals surface area contributed by atoms with E-state index >= 15 is 0 Å². The molecule has 1 saturated carbocycles. The number of thioether (sulfide) groups is 1. The van der Waals surface area contributed by atoms with Crippen LogP contribution >= 0.6 is 11.8 Å². The van der Waals surface area contributed by atoms with E-state index in [1.165, 1.54) is 9.80 Å². The Morgan fingerprint density at radius 3 is 2.66 bits per heavy atom. The molecule has 0 unspecified atom stereocenters. The molecular weight excluding hydrogens is 388 g/mol. The fourth-order valence-corrected chi connectivity index (χ4v) is 3.96. The highest BCUT2D eigenvalue weighted by Crippen LogP contribution is 2.35. The van der Waals surface area contributed by atoms with Gasteiger partial charge in [0.2, 0.25) is 0 Å². The Kier molecular flexibility index (Phi) is 7.05. The Morgan fingerprint density at radius 2 is 2.00 bits per heavy atom. The molecule has 1 heterocycles. The van der Waals surface area contributed by atoms with Crippen molar-refractivity contribution in [2.24, 2.45) is 5.92 Å². The summed E-state index contributed by atoms with van der Waals surface area (Å²) in [5, 5.41) is 2.84. The quantitative estimate of drug-likeness (QED) is 0.379. The monoisotopic (exact) mass is 418 g/mol. The molecule has 158 valence electrons. The van der Waals surface area contributed by atoms with Crippen LogP contribution in [-0.4, -0.2) is 67.3 Å². The third kappa shape index (κ3) is 5.23. The van der Waals surface area contributed by atoms with E-state index in [2.05, 4.69) is 5.32 Å². The minimum atomic E-state index is -0.411. The molecule has 2 aliphatic rings. The molecule has 1 saturated heterocycles. The molecule has 1 aliphatic carbocycles. The van der Waals surface area contributed by atoms with E-state index in [-0.39, 0.29) is 18.0 Å². The molecular formula is C21H30N4O3S. The summed E-state index contributed by atoms with van der Waals surface area (Å²) >= 11 is 1.59. The van der Waals surface area contributed by atoms with Crippen LogP contribution < -0.4 is 10.2 Å². The van der Waals surface area contributed by atoms with Crippen LogP contribution in [0.2, 0.25) is 0 Å². The number of rotatable bonds is 9. The number of urea groups is 2. The van der Waals surface area contributed by atoms with Crippen LogP contribution in [0.25, 0.3) is 0 Å². The molecule has 1 aliphatic heterocycles.